The van der Waals surface area contributed by atoms with Gasteiger partial charge in [0.25, 0.3) is 0 Å². The molecule has 0 aliphatic carbocycles. The molecule has 0 radical (unpaired) electrons. The molecule has 19 heavy (non-hydrogen) atoms. The highest BCUT2D eigenvalue weighted by Gasteiger charge is 2.11. The van der Waals surface area contributed by atoms with Gasteiger partial charge >= 0.3 is 6.01 Å². The molecule has 0 spiro atoms. The zero-order valence-corrected chi connectivity index (χ0v) is 11.8. The van der Waals surface area contributed by atoms with Crippen LogP contribution < -0.4 is 20.9 Å². The lowest BCUT2D eigenvalue weighted by atomic mass is 10.3. The normalized spacial score (nSPS) is 10.1. The Labute approximate surface area is 113 Å². The van der Waals surface area contributed by atoms with Crippen LogP contribution in [0.15, 0.2) is 12.2 Å². The van der Waals surface area contributed by atoms with E-state index in [-0.39, 0.29) is 6.01 Å². The third-order valence-corrected chi connectivity index (χ3v) is 2.54. The minimum Gasteiger partial charge on any atom is -0.463 e. The molecule has 0 saturated heterocycles. The van der Waals surface area contributed by atoms with Gasteiger partial charge in [0.15, 0.2) is 0 Å². The fourth-order valence-electron chi connectivity index (χ4n) is 1.44. The second kappa shape index (κ2) is 7.52. The Morgan fingerprint density at radius 1 is 1.32 bits per heavy atom. The number of hydrazine groups is 1. The number of rotatable bonds is 8. The van der Waals surface area contributed by atoms with Gasteiger partial charge in [-0.25, -0.2) is 5.84 Å². The highest BCUT2D eigenvalue weighted by atomic mass is 16.5. The van der Waals surface area contributed by atoms with E-state index in [9.17, 15) is 0 Å². The minimum atomic E-state index is 0.270. The van der Waals surface area contributed by atoms with Gasteiger partial charge in [-0.1, -0.05) is 5.57 Å². The zero-order valence-electron chi connectivity index (χ0n) is 11.8. The molecule has 1 rings (SSSR count). The molecule has 1 aromatic rings. The highest BCUT2D eigenvalue weighted by molar-refractivity contribution is 5.37. The first-order chi connectivity index (χ1) is 9.10. The molecule has 0 saturated carbocycles. The molecule has 0 bridgehead atoms. The van der Waals surface area contributed by atoms with E-state index in [1.54, 1.807) is 0 Å². The SMILES string of the molecule is C=C(C)CCOc1nc(NN)nc(N(CC)CC)n1. The number of nitrogens with zero attached hydrogens (tertiary/aromatic N) is 4. The number of ether oxygens (including phenoxy) is 1. The Balaban J connectivity index is 2.85. The number of nitrogens with one attached hydrogen (secondary N) is 1. The summed E-state index contributed by atoms with van der Waals surface area (Å²) in [6.07, 6.45) is 0.762. The van der Waals surface area contributed by atoms with Crippen molar-refractivity contribution in [3.63, 3.8) is 0 Å². The van der Waals surface area contributed by atoms with E-state index in [0.29, 0.717) is 18.5 Å². The number of aromatic nitrogens is 3. The summed E-state index contributed by atoms with van der Waals surface area (Å²) in [5.41, 5.74) is 3.47. The molecule has 3 N–H and O–H groups in total. The maximum absolute atomic E-state index is 5.49. The van der Waals surface area contributed by atoms with E-state index in [1.165, 1.54) is 0 Å². The molecule has 0 unspecified atom stereocenters. The summed E-state index contributed by atoms with van der Waals surface area (Å²) in [6.45, 7) is 11.9. The molecule has 0 aliphatic heterocycles. The number of anilines is 2. The van der Waals surface area contributed by atoms with Crippen molar-refractivity contribution in [2.75, 3.05) is 30.0 Å². The summed E-state index contributed by atoms with van der Waals surface area (Å²) < 4.78 is 5.49. The van der Waals surface area contributed by atoms with Crippen molar-refractivity contribution in [1.82, 2.24) is 15.0 Å². The predicted molar refractivity (Wildman–Crippen MR) is 76.1 cm³/mol. The van der Waals surface area contributed by atoms with Gasteiger partial charge < -0.3 is 9.64 Å². The number of hydrogen-bond donors (Lipinski definition) is 2. The molecule has 0 amide bonds. The quantitative estimate of drug-likeness (QED) is 0.417. The molecular formula is C12H22N6O. The van der Waals surface area contributed by atoms with Crippen LogP contribution in [-0.2, 0) is 0 Å². The van der Waals surface area contributed by atoms with Crippen LogP contribution in [-0.4, -0.2) is 34.6 Å². The number of hydrogen-bond acceptors (Lipinski definition) is 7. The van der Waals surface area contributed by atoms with Crippen LogP contribution in [0.1, 0.15) is 27.2 Å². The minimum absolute atomic E-state index is 0.270. The average molecular weight is 266 g/mol. The van der Waals surface area contributed by atoms with Gasteiger partial charge in [0.05, 0.1) is 6.61 Å². The molecule has 1 aromatic heterocycles. The van der Waals surface area contributed by atoms with E-state index in [0.717, 1.165) is 25.1 Å². The third-order valence-electron chi connectivity index (χ3n) is 2.54. The van der Waals surface area contributed by atoms with Crippen molar-refractivity contribution in [3.05, 3.63) is 12.2 Å². The molecule has 1 heterocycles. The van der Waals surface area contributed by atoms with Crippen LogP contribution >= 0.6 is 0 Å². The Hall–Kier alpha value is -1.89. The Kier molecular flexibility index (Phi) is 6.01. The van der Waals surface area contributed by atoms with Crippen LogP contribution in [0.25, 0.3) is 0 Å². The van der Waals surface area contributed by atoms with Crippen LogP contribution in [0.2, 0.25) is 0 Å². The Morgan fingerprint density at radius 2 is 2.00 bits per heavy atom. The maximum atomic E-state index is 5.49. The lowest BCUT2D eigenvalue weighted by molar-refractivity contribution is 0.295. The molecule has 0 aromatic carbocycles. The van der Waals surface area contributed by atoms with E-state index in [4.69, 9.17) is 10.6 Å². The van der Waals surface area contributed by atoms with Gasteiger partial charge in [-0.05, 0) is 20.8 Å². The second-order valence-electron chi connectivity index (χ2n) is 4.11. The Bertz CT molecular complexity index is 419. The molecule has 7 nitrogen and oxygen atoms in total. The van der Waals surface area contributed by atoms with Crippen molar-refractivity contribution < 1.29 is 4.74 Å². The van der Waals surface area contributed by atoms with Gasteiger partial charge in [0, 0.05) is 19.5 Å². The van der Waals surface area contributed by atoms with E-state index in [1.807, 2.05) is 25.7 Å². The van der Waals surface area contributed by atoms with Crippen molar-refractivity contribution >= 4 is 11.9 Å². The fraction of sp³-hybridized carbons (Fsp3) is 0.583. The molecule has 7 heteroatoms. The zero-order chi connectivity index (χ0) is 14.3. The topological polar surface area (TPSA) is 89.2 Å². The molecule has 0 atom stereocenters. The van der Waals surface area contributed by atoms with E-state index < -0.39 is 0 Å². The average Bonchev–Trinajstić information content (AvgIpc) is 2.39. The number of nitrogens with two attached hydrogens (primary N) is 1. The summed E-state index contributed by atoms with van der Waals surface area (Å²) in [6, 6.07) is 0.270. The molecule has 106 valence electrons. The third kappa shape index (κ3) is 4.70. The highest BCUT2D eigenvalue weighted by Crippen LogP contribution is 2.14. The van der Waals surface area contributed by atoms with Gasteiger partial charge in [0.1, 0.15) is 0 Å². The first-order valence-electron chi connectivity index (χ1n) is 6.35. The molecule has 0 fully saturated rings. The summed E-state index contributed by atoms with van der Waals surface area (Å²) in [5.74, 6) is 6.20. The number of nitrogen functional groups attached to an aromatic ring is 1. The smallest absolute Gasteiger partial charge is 0.323 e. The van der Waals surface area contributed by atoms with Gasteiger partial charge in [-0.3, -0.25) is 5.43 Å². The first kappa shape index (κ1) is 15.2. The monoisotopic (exact) mass is 266 g/mol. The van der Waals surface area contributed by atoms with Crippen molar-refractivity contribution in [1.29, 1.82) is 0 Å². The van der Waals surface area contributed by atoms with Crippen molar-refractivity contribution in [2.24, 2.45) is 5.84 Å². The van der Waals surface area contributed by atoms with Crippen LogP contribution in [0.3, 0.4) is 0 Å². The van der Waals surface area contributed by atoms with Crippen LogP contribution in [0, 0.1) is 0 Å². The summed E-state index contributed by atoms with van der Waals surface area (Å²) >= 11 is 0. The standard InChI is InChI=1S/C12H22N6O/c1-5-18(6-2)11-14-10(17-13)15-12(16-11)19-8-7-9(3)4/h3,5-8,13H2,1-2,4H3,(H,14,15,16,17). The van der Waals surface area contributed by atoms with Gasteiger partial charge in [0.2, 0.25) is 11.9 Å². The van der Waals surface area contributed by atoms with Crippen LogP contribution in [0.4, 0.5) is 11.9 Å². The molecule has 0 aliphatic rings. The summed E-state index contributed by atoms with van der Waals surface area (Å²) in [5, 5.41) is 0. The van der Waals surface area contributed by atoms with Gasteiger partial charge in [-0.2, -0.15) is 15.0 Å². The fourth-order valence-corrected chi connectivity index (χ4v) is 1.44. The van der Waals surface area contributed by atoms with Crippen molar-refractivity contribution in [2.45, 2.75) is 27.2 Å². The Morgan fingerprint density at radius 3 is 2.53 bits per heavy atom. The largest absolute Gasteiger partial charge is 0.463 e. The second-order valence-corrected chi connectivity index (χ2v) is 4.11. The van der Waals surface area contributed by atoms with Crippen LogP contribution in [0.5, 0.6) is 6.01 Å². The molecular weight excluding hydrogens is 244 g/mol. The summed E-state index contributed by atoms with van der Waals surface area (Å²) in [7, 11) is 0. The van der Waals surface area contributed by atoms with E-state index >= 15 is 0 Å². The first-order valence-corrected chi connectivity index (χ1v) is 6.35. The summed E-state index contributed by atoms with van der Waals surface area (Å²) in [4.78, 5) is 14.5. The lowest BCUT2D eigenvalue weighted by Crippen LogP contribution is -2.25. The van der Waals surface area contributed by atoms with E-state index in [2.05, 4.69) is 27.0 Å². The predicted octanol–water partition coefficient (Wildman–Crippen LogP) is 1.35. The van der Waals surface area contributed by atoms with Gasteiger partial charge in [-0.15, -0.1) is 6.58 Å². The van der Waals surface area contributed by atoms with Crippen molar-refractivity contribution in [3.8, 4) is 6.01 Å². The lowest BCUT2D eigenvalue weighted by Gasteiger charge is -2.19. The maximum Gasteiger partial charge on any atom is 0.323 e.